The molecule has 0 aliphatic carbocycles. The Bertz CT molecular complexity index is 5020. The van der Waals surface area contributed by atoms with E-state index in [2.05, 4.69) is 119 Å². The summed E-state index contributed by atoms with van der Waals surface area (Å²) in [6, 6.07) is 61.1. The van der Waals surface area contributed by atoms with E-state index in [0.717, 1.165) is 50.0 Å². The maximum absolute atomic E-state index is 10.8. The second kappa shape index (κ2) is 73.9. The molecule has 0 spiro atoms. The van der Waals surface area contributed by atoms with Gasteiger partial charge in [0.2, 0.25) is 0 Å². The van der Waals surface area contributed by atoms with Crippen molar-refractivity contribution < 1.29 is 177 Å². The third-order valence-electron chi connectivity index (χ3n) is 11.1. The maximum atomic E-state index is 10.8. The Morgan fingerprint density at radius 2 is 0.271 bits per heavy atom. The normalized spacial score (nSPS) is 9.97. The minimum atomic E-state index is -3.57. The molecule has 12 heterocycles. The van der Waals surface area contributed by atoms with Crippen LogP contribution in [0.4, 0.5) is 93.1 Å². The maximum Gasteiger partial charge on any atom is 2.00 e. The molecule has 0 bridgehead atoms. The first-order chi connectivity index (χ1) is 58.7. The van der Waals surface area contributed by atoms with Gasteiger partial charge in [-0.25, -0.2) is 67.3 Å². The minimum Gasteiger partial charge on any atom is -0.457 e. The topological polar surface area (TPSA) is 663 Å². The molecule has 0 saturated carbocycles. The third kappa shape index (κ3) is 79.5. The fraction of sp³-hybridized carbons (Fsp3) is 0.155. The molecular weight excluding hydrogens is 2300 g/mol. The van der Waals surface area contributed by atoms with Gasteiger partial charge in [-0.15, -0.1) is 69.6 Å². The van der Waals surface area contributed by atoms with Crippen molar-refractivity contribution in [3.63, 3.8) is 0 Å². The number of aromatic nitrogens is 12. The Balaban J connectivity index is -0.000000267. The van der Waals surface area contributed by atoms with E-state index >= 15 is 0 Å². The molecule has 0 saturated heterocycles. The Labute approximate surface area is 864 Å². The second-order valence-electron chi connectivity index (χ2n) is 22.3. The van der Waals surface area contributed by atoms with Crippen LogP contribution in [0, 0.1) is 0 Å². The molecule has 0 radical (unpaired) electrons. The second-order valence-corrected chi connectivity index (χ2v) is 37.9. The number of alkyl halides is 6. The third-order valence-corrected chi connectivity index (χ3v) is 15.2. The van der Waals surface area contributed by atoms with Crippen molar-refractivity contribution >= 4 is 243 Å². The molecule has 12 aromatic heterocycles. The molecule has 6 N–H and O–H groups in total. The number of nitrogens with zero attached hydrogens (tertiary/aromatic N) is 24. The molecule has 42 nitrogen and oxygen atoms in total. The summed E-state index contributed by atoms with van der Waals surface area (Å²) in [5.74, 6) is 4.62. The van der Waals surface area contributed by atoms with Crippen LogP contribution in [0.15, 0.2) is 268 Å². The van der Waals surface area contributed by atoms with Crippen molar-refractivity contribution in [2.24, 2.45) is 0 Å². The summed E-state index contributed by atoms with van der Waals surface area (Å²) in [5, 5.41) is 17.5. The van der Waals surface area contributed by atoms with Crippen molar-refractivity contribution in [1.82, 2.24) is 59.8 Å². The van der Waals surface area contributed by atoms with Gasteiger partial charge in [0, 0.05) is 96.6 Å². The van der Waals surface area contributed by atoms with Gasteiger partial charge >= 0.3 is 98.9 Å². The number of halogens is 6. The van der Waals surface area contributed by atoms with Gasteiger partial charge in [0.05, 0.1) is 16.0 Å². The van der Waals surface area contributed by atoms with Crippen LogP contribution >= 0.6 is 69.6 Å². The van der Waals surface area contributed by atoms with E-state index < -0.39 is 80.2 Å². The van der Waals surface area contributed by atoms with Crippen LogP contribution in [0.1, 0.15) is 0 Å². The van der Waals surface area contributed by atoms with E-state index in [0.29, 0.717) is 46.5 Å². The molecule has 62 heteroatoms. The number of hydrogen-bond donors (Lipinski definition) is 0. The van der Waals surface area contributed by atoms with Gasteiger partial charge < -0.3 is 130 Å². The molecular formula is C71H80Cl6N24Ni6O18S8+2. The van der Waals surface area contributed by atoms with Crippen LogP contribution in [-0.2, 0) is 190 Å². The van der Waals surface area contributed by atoms with Gasteiger partial charge in [0.25, 0.3) is 0 Å². The minimum absolute atomic E-state index is 0. The fourth-order valence-electron chi connectivity index (χ4n) is 7.24. The Kier molecular flexibility index (Phi) is 76.5. The van der Waals surface area contributed by atoms with E-state index in [-0.39, 0.29) is 172 Å². The Morgan fingerprint density at radius 1 is 0.180 bits per heavy atom. The molecule has 0 aromatic carbocycles. The van der Waals surface area contributed by atoms with Gasteiger partial charge in [-0.1, -0.05) is 170 Å². The van der Waals surface area contributed by atoms with Gasteiger partial charge in [-0.2, -0.15) is 0 Å². The van der Waals surface area contributed by atoms with Crippen LogP contribution in [0.2, 0.25) is 0 Å². The molecule has 740 valence electrons. The van der Waals surface area contributed by atoms with Gasteiger partial charge in [-0.05, 0) is 145 Å². The summed E-state index contributed by atoms with van der Waals surface area (Å²) in [5.41, 5.74) is 0. The monoisotopic (exact) mass is 2370 g/mol. The zero-order chi connectivity index (χ0) is 93.4. The van der Waals surface area contributed by atoms with Gasteiger partial charge in [0.1, 0.15) is 0 Å². The van der Waals surface area contributed by atoms with Crippen molar-refractivity contribution in [3.8, 4) is 0 Å². The van der Waals surface area contributed by atoms with Crippen molar-refractivity contribution in [2.45, 2.75) is 0 Å². The van der Waals surface area contributed by atoms with Crippen LogP contribution in [0.3, 0.4) is 0 Å². The van der Waals surface area contributed by atoms with Crippen LogP contribution in [-0.4, -0.2) is 193 Å². The van der Waals surface area contributed by atoms with E-state index in [1.165, 1.54) is 72.8 Å². The summed E-state index contributed by atoms with van der Waals surface area (Å²) in [6.07, 6.45) is 21.0. The molecule has 12 aromatic rings. The number of pyridine rings is 12. The zero-order valence-corrected chi connectivity index (χ0v) is 86.4. The predicted molar refractivity (Wildman–Crippen MR) is 504 cm³/mol. The van der Waals surface area contributed by atoms with Gasteiger partial charge in [-0.3, -0.25) is 0 Å². The summed E-state index contributed by atoms with van der Waals surface area (Å²) in [6.45, 7) is 0. The molecule has 0 amide bonds. The molecule has 0 fully saturated rings. The Hall–Kier alpha value is -8.38. The van der Waals surface area contributed by atoms with Crippen molar-refractivity contribution in [3.05, 3.63) is 327 Å². The standard InChI is InChI=1S/4C10H8N3.4C7H9N3O4S2.3CH2Cl2.6Ni.2H2O/c4*1-3-7-11-9(5-1)13-10-6-2-4-8-12-10;4*1-15(11,12)9-6-4-3-5-7(8-6)10-16(2,13)14;3*2-1-3;;;;;;;;/h4*1-8H;4*3-5H,1-2H3;3*1H2;;;;;;;2*1H2/q4*-1;4*-2;;;;6*+2;;/p+2. The average Bonchev–Trinajstić information content (AvgIpc) is 0.870. The molecule has 0 aliphatic heterocycles. The number of sulfonamides is 8. The smallest absolute Gasteiger partial charge is 0.457 e. The first-order valence-corrected chi connectivity index (χ1v) is 51.5. The van der Waals surface area contributed by atoms with Crippen molar-refractivity contribution in [1.29, 1.82) is 0 Å². The molecule has 12 rings (SSSR count). The molecule has 0 aliphatic rings. The number of rotatable bonds is 24. The summed E-state index contributed by atoms with van der Waals surface area (Å²) < 4.78 is 200. The zero-order valence-electron chi connectivity index (χ0n) is 69.4. The van der Waals surface area contributed by atoms with Gasteiger partial charge in [0.15, 0.2) is 80.2 Å². The summed E-state index contributed by atoms with van der Waals surface area (Å²) >= 11 is 28.6. The van der Waals surface area contributed by atoms with Crippen LogP contribution in [0.5, 0.6) is 0 Å². The average molecular weight is 2380 g/mol. The summed E-state index contributed by atoms with van der Waals surface area (Å²) in [4.78, 5) is 47.1. The SMILES string of the molecule is CS(=O)(=O)[N-]c1cccc([N-]S(C)(=O)=O)n1.CS(=O)(=O)[N-]c1cccc([N-]S(C)(=O)=O)n1.CS(=O)(=O)[N-]c1cccc([N-]S(C)(=O)=O)n1.CS(=O)(=O)[N-]c1cccc([N-]S(C)(=O)=O)n1.ClCCl.ClCCl.ClCCl.[Ni+2].[Ni+2].[Ni+2].[Ni+2].[Ni+2].[Ni+2].[OH3+].[OH3+].c1ccc([N-]c2ccccn2)nc1.c1ccc([N-]c2ccccn2)nc1.c1ccc([N-]c2ccccn2)nc1.c1ccc([N-]c2ccccn2)nc1. The van der Waals surface area contributed by atoms with Crippen LogP contribution in [0.25, 0.3) is 59.0 Å². The van der Waals surface area contributed by atoms with E-state index in [1.807, 2.05) is 146 Å². The number of hydrogen-bond acceptors (Lipinski definition) is 28. The first-order valence-electron chi connectivity index (χ1n) is 33.5. The van der Waals surface area contributed by atoms with Crippen LogP contribution < -0.4 is 0 Å². The molecule has 0 atom stereocenters. The van der Waals surface area contributed by atoms with E-state index in [1.54, 1.807) is 49.6 Å². The molecule has 133 heavy (non-hydrogen) atoms. The predicted octanol–water partition coefficient (Wildman–Crippen LogP) is 17.7. The quantitative estimate of drug-likeness (QED) is 0.0308. The fourth-order valence-corrected chi connectivity index (χ4v) is 10.8. The molecule has 0 unspecified atom stereocenters. The van der Waals surface area contributed by atoms with E-state index in [9.17, 15) is 67.3 Å². The summed E-state index contributed by atoms with van der Waals surface area (Å²) in [7, 11) is -28.5. The first kappa shape index (κ1) is 138. The van der Waals surface area contributed by atoms with E-state index in [4.69, 9.17) is 69.6 Å². The van der Waals surface area contributed by atoms with Crippen molar-refractivity contribution in [2.75, 3.05) is 66.1 Å². The largest absolute Gasteiger partial charge is 2.00 e. The Morgan fingerprint density at radius 3 is 0.346 bits per heavy atom.